The van der Waals surface area contributed by atoms with Crippen LogP contribution in [-0.2, 0) is 21.3 Å². The van der Waals surface area contributed by atoms with Crippen molar-refractivity contribution in [3.8, 4) is 0 Å². The molecular weight excluding hydrogens is 527 g/mol. The van der Waals surface area contributed by atoms with Crippen molar-refractivity contribution >= 4 is 17.7 Å². The third-order valence-corrected chi connectivity index (χ3v) is 8.75. The van der Waals surface area contributed by atoms with E-state index in [1.807, 2.05) is 0 Å². The third kappa shape index (κ3) is 4.63. The first-order valence-electron chi connectivity index (χ1n) is 14.0. The van der Waals surface area contributed by atoms with E-state index in [1.165, 1.54) is 50.4 Å². The zero-order valence-corrected chi connectivity index (χ0v) is 25.4. The molecular formula is C33H40N4NiO+4. The van der Waals surface area contributed by atoms with E-state index in [1.54, 1.807) is 0 Å². The van der Waals surface area contributed by atoms with E-state index >= 15 is 0 Å². The smallest absolute Gasteiger partial charge is 0.298 e. The predicted octanol–water partition coefficient (Wildman–Crippen LogP) is 5.28. The summed E-state index contributed by atoms with van der Waals surface area (Å²) < 4.78 is 0. The van der Waals surface area contributed by atoms with Gasteiger partial charge >= 0.3 is 16.5 Å². The fourth-order valence-corrected chi connectivity index (χ4v) is 6.53. The molecule has 0 aliphatic carbocycles. The van der Waals surface area contributed by atoms with Crippen LogP contribution >= 0.6 is 0 Å². The van der Waals surface area contributed by atoms with Crippen molar-refractivity contribution in [3.63, 3.8) is 0 Å². The summed E-state index contributed by atoms with van der Waals surface area (Å²) in [7, 11) is 0. The molecule has 5 heterocycles. The molecule has 0 atom stereocenters. The van der Waals surface area contributed by atoms with E-state index < -0.39 is 0 Å². The zero-order valence-electron chi connectivity index (χ0n) is 24.4. The summed E-state index contributed by atoms with van der Waals surface area (Å²) in [6.07, 6.45) is 11.3. The van der Waals surface area contributed by atoms with Gasteiger partial charge in [0.05, 0.1) is 22.8 Å². The van der Waals surface area contributed by atoms with Gasteiger partial charge in [-0.05, 0) is 75.7 Å². The van der Waals surface area contributed by atoms with Gasteiger partial charge in [0, 0.05) is 40.5 Å². The molecule has 5 aliphatic rings. The largest absolute Gasteiger partial charge is 2.00 e. The molecule has 0 radical (unpaired) electrons. The Balaban J connectivity index is 0.00000353. The standard InChI is InChI=1S/C33H38N4O.Ni/c1-9-21-18(6)27-14-31-23(11-3)20(8)32(37-31)25(16-38)33-24(12-4)19(7)28(36-33)15-30-22(10-2)17(5)26(34-30)13-29(21)35-27;/h13-16,35-36H,9-12H2,1-8H3;/q;+2/p+2. The van der Waals surface area contributed by atoms with Gasteiger partial charge in [0.25, 0.3) is 0 Å². The Labute approximate surface area is 242 Å². The minimum Gasteiger partial charge on any atom is -0.298 e. The first kappa shape index (κ1) is 29.1. The van der Waals surface area contributed by atoms with Crippen molar-refractivity contribution < 1.29 is 31.9 Å². The average Bonchev–Trinajstić information content (AvgIpc) is 3.57. The molecule has 0 fully saturated rings. The molecule has 0 aromatic carbocycles. The number of aliphatic imine (C=N–C) groups is 2. The van der Waals surface area contributed by atoms with E-state index in [-0.39, 0.29) is 16.5 Å². The maximum absolute atomic E-state index is 12.7. The Morgan fingerprint density at radius 2 is 1.31 bits per heavy atom. The zero-order chi connectivity index (χ0) is 27.3. The molecule has 0 aromatic heterocycles. The maximum atomic E-state index is 12.7. The van der Waals surface area contributed by atoms with E-state index in [2.05, 4.69) is 84.3 Å². The Morgan fingerprint density at radius 3 is 1.92 bits per heavy atom. The SMILES string of the molecule is CCC1=C(C)C2=NC1=CC1=C(C)C(CC)=C([NH2+]1)C(C=O)=C1N=C(C=C3[NH2+]C(=C2)C(CC)=C3C)C(CC)=C1C.[Ni+2]. The first-order chi connectivity index (χ1) is 18.3. The van der Waals surface area contributed by atoms with E-state index in [4.69, 9.17) is 9.98 Å². The van der Waals surface area contributed by atoms with Gasteiger partial charge in [0.1, 0.15) is 22.7 Å². The summed E-state index contributed by atoms with van der Waals surface area (Å²) >= 11 is 0. The molecule has 6 heteroatoms. The summed E-state index contributed by atoms with van der Waals surface area (Å²) in [5.41, 5.74) is 19.1. The van der Waals surface area contributed by atoms with Crippen molar-refractivity contribution in [1.29, 1.82) is 0 Å². The molecule has 5 nitrogen and oxygen atoms in total. The topological polar surface area (TPSA) is 75.0 Å². The second-order valence-corrected chi connectivity index (χ2v) is 10.6. The van der Waals surface area contributed by atoms with Gasteiger partial charge in [0.15, 0.2) is 12.0 Å². The minimum absolute atomic E-state index is 0. The average molecular weight is 567 g/mol. The van der Waals surface area contributed by atoms with Crippen molar-refractivity contribution in [3.05, 3.63) is 103 Å². The molecule has 0 spiro atoms. The number of allylic oxidation sites excluding steroid dienone is 12. The summed E-state index contributed by atoms with van der Waals surface area (Å²) in [6.45, 7) is 17.5. The molecule has 0 saturated heterocycles. The Bertz CT molecular complexity index is 1530. The van der Waals surface area contributed by atoms with E-state index in [0.717, 1.165) is 71.8 Å². The number of carbonyl (C=O) groups excluding carboxylic acids is 1. The van der Waals surface area contributed by atoms with Crippen LogP contribution in [0.1, 0.15) is 81.1 Å². The van der Waals surface area contributed by atoms with Gasteiger partial charge in [-0.1, -0.05) is 27.7 Å². The number of fused-ring (bicyclic) bond motifs is 6. The summed E-state index contributed by atoms with van der Waals surface area (Å²) in [6, 6.07) is 0. The van der Waals surface area contributed by atoms with E-state index in [9.17, 15) is 4.79 Å². The second-order valence-electron chi connectivity index (χ2n) is 10.6. The molecule has 0 saturated carbocycles. The van der Waals surface area contributed by atoms with Crippen LogP contribution in [0.5, 0.6) is 0 Å². The van der Waals surface area contributed by atoms with Crippen molar-refractivity contribution in [2.24, 2.45) is 9.98 Å². The van der Waals surface area contributed by atoms with Crippen LogP contribution in [0.4, 0.5) is 0 Å². The first-order valence-corrected chi connectivity index (χ1v) is 14.0. The number of quaternary nitrogens is 2. The predicted molar refractivity (Wildman–Crippen MR) is 155 cm³/mol. The molecule has 0 amide bonds. The summed E-state index contributed by atoms with van der Waals surface area (Å²) in [5, 5.41) is 4.47. The molecule has 4 N–H and O–H groups in total. The molecule has 204 valence electrons. The number of nitrogens with two attached hydrogens (primary N) is 2. The van der Waals surface area contributed by atoms with Crippen LogP contribution < -0.4 is 10.6 Å². The molecule has 0 unspecified atom stereocenters. The van der Waals surface area contributed by atoms with Crippen LogP contribution in [0.2, 0.25) is 0 Å². The molecule has 39 heavy (non-hydrogen) atoms. The van der Waals surface area contributed by atoms with Gasteiger partial charge in [-0.25, -0.2) is 9.98 Å². The minimum atomic E-state index is 0. The van der Waals surface area contributed by atoms with Crippen LogP contribution in [0.3, 0.4) is 0 Å². The molecule has 8 bridgehead atoms. The van der Waals surface area contributed by atoms with Crippen molar-refractivity contribution in [1.82, 2.24) is 0 Å². The Kier molecular flexibility index (Phi) is 8.42. The number of nitrogens with zero attached hydrogens (tertiary/aromatic N) is 2. The van der Waals surface area contributed by atoms with Crippen LogP contribution in [-0.4, -0.2) is 17.7 Å². The van der Waals surface area contributed by atoms with Crippen LogP contribution in [0.25, 0.3) is 0 Å². The number of hydrogen-bond acceptors (Lipinski definition) is 3. The van der Waals surface area contributed by atoms with Crippen LogP contribution in [0.15, 0.2) is 113 Å². The third-order valence-electron chi connectivity index (χ3n) is 8.75. The van der Waals surface area contributed by atoms with Crippen LogP contribution in [0, 0.1) is 0 Å². The quantitative estimate of drug-likeness (QED) is 0.344. The summed E-state index contributed by atoms with van der Waals surface area (Å²) in [5.74, 6) is 0. The fourth-order valence-electron chi connectivity index (χ4n) is 6.53. The van der Waals surface area contributed by atoms with E-state index in [0.29, 0.717) is 5.57 Å². The molecule has 5 rings (SSSR count). The van der Waals surface area contributed by atoms with Gasteiger partial charge in [-0.15, -0.1) is 0 Å². The van der Waals surface area contributed by atoms with Gasteiger partial charge < -0.3 is 0 Å². The monoisotopic (exact) mass is 566 g/mol. The van der Waals surface area contributed by atoms with Crippen molar-refractivity contribution in [2.75, 3.05) is 0 Å². The Hall–Kier alpha value is -2.92. The number of hydrogen-bond donors (Lipinski definition) is 2. The summed E-state index contributed by atoms with van der Waals surface area (Å²) in [4.78, 5) is 23.0. The van der Waals surface area contributed by atoms with Gasteiger partial charge in [0.2, 0.25) is 0 Å². The normalized spacial score (nSPS) is 21.1. The van der Waals surface area contributed by atoms with Crippen molar-refractivity contribution in [2.45, 2.75) is 81.1 Å². The second kappa shape index (κ2) is 11.3. The number of carbonyl (C=O) groups is 1. The van der Waals surface area contributed by atoms with Gasteiger partial charge in [-0.3, -0.25) is 15.4 Å². The Morgan fingerprint density at radius 1 is 0.667 bits per heavy atom. The fraction of sp³-hybridized carbons (Fsp3) is 0.364. The number of rotatable bonds is 5. The number of aldehydes is 1. The molecule has 0 aromatic rings. The maximum Gasteiger partial charge on any atom is 2.00 e. The van der Waals surface area contributed by atoms with Gasteiger partial charge in [-0.2, -0.15) is 0 Å². The molecule has 5 aliphatic heterocycles.